The molecule has 0 amide bonds. The van der Waals surface area contributed by atoms with E-state index in [1.54, 1.807) is 0 Å². The fourth-order valence-corrected chi connectivity index (χ4v) is 0. The highest BCUT2D eigenvalue weighted by atomic mass is 15.0. The average molecular weight is 144 g/mol. The predicted molar refractivity (Wildman–Crippen MR) is 46.3 cm³/mol. The van der Waals surface area contributed by atoms with Gasteiger partial charge in [-0.2, -0.15) is 0 Å². The molecule has 2 nitrogen and oxygen atoms in total. The zero-order chi connectivity index (χ0) is 7.66. The summed E-state index contributed by atoms with van der Waals surface area (Å²) in [6.07, 6.45) is 2.64. The molecule has 0 saturated carbocycles. The summed E-state index contributed by atoms with van der Waals surface area (Å²) in [6, 6.07) is 0. The molecule has 2 heteroatoms. The first-order valence-electron chi connectivity index (χ1n) is 4.33. The number of rotatable bonds is 1. The van der Waals surface area contributed by atoms with Crippen LogP contribution < -0.4 is 10.6 Å². The van der Waals surface area contributed by atoms with Crippen molar-refractivity contribution in [1.29, 1.82) is 0 Å². The summed E-state index contributed by atoms with van der Waals surface area (Å²) in [7, 11) is 0. The maximum atomic E-state index is 3.00. The van der Waals surface area contributed by atoms with Crippen LogP contribution in [0.3, 0.4) is 0 Å². The molecule has 10 heavy (non-hydrogen) atoms. The van der Waals surface area contributed by atoms with Crippen LogP contribution in [0.15, 0.2) is 0 Å². The van der Waals surface area contributed by atoms with Crippen LogP contribution in [0.4, 0.5) is 0 Å². The van der Waals surface area contributed by atoms with Crippen molar-refractivity contribution < 1.29 is 0 Å². The van der Waals surface area contributed by atoms with Crippen molar-refractivity contribution in [3.05, 3.63) is 0 Å². The van der Waals surface area contributed by atoms with E-state index in [1.165, 1.54) is 39.0 Å². The van der Waals surface area contributed by atoms with Crippen molar-refractivity contribution in [2.24, 2.45) is 0 Å². The van der Waals surface area contributed by atoms with Crippen LogP contribution in [-0.4, -0.2) is 26.2 Å². The lowest BCUT2D eigenvalue weighted by Crippen LogP contribution is -1.56. The number of hydrogen-bond donors (Lipinski definition) is 2. The minimum absolute atomic E-state index is 1.25. The Hall–Kier alpha value is -0.0800. The van der Waals surface area contributed by atoms with Crippen LogP contribution in [0.5, 0.6) is 0 Å². The highest BCUT2D eigenvalue weighted by Crippen LogP contribution is 1.76. The fraction of sp³-hybridized carbons (Fsp3) is 1.00. The maximum Gasteiger partial charge on any atom is 0.00772 e. The molecule has 2 aliphatic heterocycles. The van der Waals surface area contributed by atoms with Crippen molar-refractivity contribution in [3.63, 3.8) is 0 Å². The second-order valence-corrected chi connectivity index (χ2v) is 2.50. The normalized spacial score (nSPS) is 17.4. The fourth-order valence-electron chi connectivity index (χ4n) is 0. The molecular formula is C8H20N2. The third-order valence-electron chi connectivity index (χ3n) is 1.000. The van der Waals surface area contributed by atoms with E-state index in [4.69, 9.17) is 0 Å². The Bertz CT molecular complexity index is 37.7. The Morgan fingerprint density at radius 1 is 0.800 bits per heavy atom. The van der Waals surface area contributed by atoms with Gasteiger partial charge in [-0.3, -0.25) is 0 Å². The lowest BCUT2D eigenvalue weighted by atomic mass is 10.4. The first kappa shape index (κ1) is 9.92. The van der Waals surface area contributed by atoms with Gasteiger partial charge in [-0.05, 0) is 0 Å². The van der Waals surface area contributed by atoms with Crippen molar-refractivity contribution in [3.8, 4) is 0 Å². The molecule has 0 aromatic rings. The van der Waals surface area contributed by atoms with Gasteiger partial charge in [0.2, 0.25) is 0 Å². The Morgan fingerprint density at radius 2 is 1.00 bits per heavy atom. The molecule has 62 valence electrons. The molecule has 0 radical (unpaired) electrons. The second kappa shape index (κ2) is 8.92. The van der Waals surface area contributed by atoms with Crippen molar-refractivity contribution in [1.82, 2.24) is 10.6 Å². The minimum atomic E-state index is 1.25. The van der Waals surface area contributed by atoms with Crippen LogP contribution in [-0.2, 0) is 0 Å². The van der Waals surface area contributed by atoms with Crippen molar-refractivity contribution in [2.75, 3.05) is 26.2 Å². The minimum Gasteiger partial charge on any atom is -0.314 e. The van der Waals surface area contributed by atoms with Crippen LogP contribution in [0, 0.1) is 0 Å². The Morgan fingerprint density at radius 3 is 1.00 bits per heavy atom. The molecule has 2 N–H and O–H groups in total. The summed E-state index contributed by atoms with van der Waals surface area (Å²) in [5, 5.41) is 6.00. The molecule has 0 unspecified atom stereocenters. The molecule has 0 aromatic heterocycles. The smallest absolute Gasteiger partial charge is 0.00772 e. The van der Waals surface area contributed by atoms with Gasteiger partial charge in [0.05, 0.1) is 0 Å². The standard InChI is InChI=1S/C4H10.2C2H5N/c1-3-4-2;2*1-2-3-1/h3-4H2,1-2H3;2*3H,1-2H2. The lowest BCUT2D eigenvalue weighted by Gasteiger charge is -1.68. The first-order chi connectivity index (χ1) is 4.91. The molecule has 2 heterocycles. The van der Waals surface area contributed by atoms with Gasteiger partial charge < -0.3 is 10.6 Å². The molecule has 0 aromatic carbocycles. The summed E-state index contributed by atoms with van der Waals surface area (Å²) in [5.41, 5.74) is 0. The topological polar surface area (TPSA) is 43.9 Å². The predicted octanol–water partition coefficient (Wildman–Crippen LogP) is 0.986. The van der Waals surface area contributed by atoms with E-state index in [0.29, 0.717) is 0 Å². The molecule has 0 spiro atoms. The van der Waals surface area contributed by atoms with Gasteiger partial charge >= 0.3 is 0 Å². The highest BCUT2D eigenvalue weighted by molar-refractivity contribution is 4.59. The monoisotopic (exact) mass is 144 g/mol. The zero-order valence-corrected chi connectivity index (χ0v) is 7.24. The SMILES string of the molecule is C1CN1.C1CN1.CCCC. The van der Waals surface area contributed by atoms with Crippen LogP contribution >= 0.6 is 0 Å². The summed E-state index contributed by atoms with van der Waals surface area (Å²) in [5.74, 6) is 0. The van der Waals surface area contributed by atoms with Gasteiger partial charge in [0, 0.05) is 26.2 Å². The van der Waals surface area contributed by atoms with Crippen LogP contribution in [0.1, 0.15) is 26.7 Å². The Labute approximate surface area is 64.4 Å². The molecule has 0 aliphatic carbocycles. The molecule has 2 aliphatic rings. The quantitative estimate of drug-likeness (QED) is 0.539. The summed E-state index contributed by atoms with van der Waals surface area (Å²) < 4.78 is 0. The van der Waals surface area contributed by atoms with Gasteiger partial charge in [0.25, 0.3) is 0 Å². The van der Waals surface area contributed by atoms with Crippen molar-refractivity contribution >= 4 is 0 Å². The molecule has 0 bridgehead atoms. The zero-order valence-electron chi connectivity index (χ0n) is 7.24. The summed E-state index contributed by atoms with van der Waals surface area (Å²) in [4.78, 5) is 0. The van der Waals surface area contributed by atoms with Gasteiger partial charge in [-0.25, -0.2) is 0 Å². The van der Waals surface area contributed by atoms with E-state index in [-0.39, 0.29) is 0 Å². The van der Waals surface area contributed by atoms with Crippen molar-refractivity contribution in [2.45, 2.75) is 26.7 Å². The molecular weight excluding hydrogens is 124 g/mol. The summed E-state index contributed by atoms with van der Waals surface area (Å²) in [6.45, 7) is 9.36. The van der Waals surface area contributed by atoms with E-state index in [0.717, 1.165) is 0 Å². The Kier molecular flexibility index (Phi) is 8.85. The number of hydrogen-bond acceptors (Lipinski definition) is 2. The summed E-state index contributed by atoms with van der Waals surface area (Å²) >= 11 is 0. The second-order valence-electron chi connectivity index (χ2n) is 2.50. The van der Waals surface area contributed by atoms with Gasteiger partial charge in [-0.15, -0.1) is 0 Å². The van der Waals surface area contributed by atoms with Gasteiger partial charge in [0.15, 0.2) is 0 Å². The number of unbranched alkanes of at least 4 members (excludes halogenated alkanes) is 1. The highest BCUT2D eigenvalue weighted by Gasteiger charge is 1.91. The Balaban J connectivity index is 0.000000122. The van der Waals surface area contributed by atoms with Gasteiger partial charge in [-0.1, -0.05) is 26.7 Å². The maximum absolute atomic E-state index is 3.00. The molecule has 2 saturated heterocycles. The largest absolute Gasteiger partial charge is 0.314 e. The molecule has 0 atom stereocenters. The number of nitrogens with one attached hydrogen (secondary N) is 2. The average Bonchev–Trinajstić information content (AvgIpc) is 2.78. The third-order valence-corrected chi connectivity index (χ3v) is 1.000. The molecule has 2 fully saturated rings. The van der Waals surface area contributed by atoms with Gasteiger partial charge in [0.1, 0.15) is 0 Å². The van der Waals surface area contributed by atoms with Crippen LogP contribution in [0.2, 0.25) is 0 Å². The van der Waals surface area contributed by atoms with E-state index >= 15 is 0 Å². The first-order valence-corrected chi connectivity index (χ1v) is 4.33. The van der Waals surface area contributed by atoms with E-state index in [2.05, 4.69) is 24.5 Å². The molecule has 2 rings (SSSR count). The van der Waals surface area contributed by atoms with E-state index in [9.17, 15) is 0 Å². The van der Waals surface area contributed by atoms with E-state index < -0.39 is 0 Å². The lowest BCUT2D eigenvalue weighted by molar-refractivity contribution is 0.886. The third kappa shape index (κ3) is 44.5. The van der Waals surface area contributed by atoms with Crippen LogP contribution in [0.25, 0.3) is 0 Å². The van der Waals surface area contributed by atoms with E-state index in [1.807, 2.05) is 0 Å².